The quantitative estimate of drug-likeness (QED) is 0.675. The van der Waals surface area contributed by atoms with E-state index in [1.807, 2.05) is 0 Å². The topological polar surface area (TPSA) is 46.0 Å². The van der Waals surface area contributed by atoms with E-state index in [1.165, 1.54) is 29.4 Å². The van der Waals surface area contributed by atoms with Crippen LogP contribution in [0.4, 0.5) is 13.2 Å². The molecule has 1 heterocycles. The number of rotatable bonds is 2. The van der Waals surface area contributed by atoms with Gasteiger partial charge in [0.15, 0.2) is 0 Å². The van der Waals surface area contributed by atoms with Gasteiger partial charge in [0, 0.05) is 0 Å². The molecule has 0 spiro atoms. The first kappa shape index (κ1) is 12.5. The Labute approximate surface area is 105 Å². The minimum Gasteiger partial charge on any atom is -0.250 e. The van der Waals surface area contributed by atoms with Gasteiger partial charge in [0.05, 0.1) is 11.8 Å². The number of aromatic amines is 1. The molecule has 2 aromatic rings. The molecule has 2 rings (SSSR count). The van der Waals surface area contributed by atoms with Crippen LogP contribution in [0.1, 0.15) is 11.1 Å². The molecule has 18 heavy (non-hydrogen) atoms. The maximum atomic E-state index is 12.5. The Balaban J connectivity index is 2.28. The maximum absolute atomic E-state index is 12.5. The third-order valence-electron chi connectivity index (χ3n) is 2.08. The zero-order chi connectivity index (χ0) is 13.2. The fraction of sp³-hybridized carbons (Fsp3) is 0.100. The Morgan fingerprint density at radius 3 is 2.78 bits per heavy atom. The average molecular weight is 272 g/mol. The lowest BCUT2D eigenvalue weighted by atomic mass is 10.1. The van der Waals surface area contributed by atoms with Crippen LogP contribution in [0.25, 0.3) is 0 Å². The lowest BCUT2D eigenvalue weighted by Crippen LogP contribution is -2.05. The van der Waals surface area contributed by atoms with E-state index in [1.54, 1.807) is 0 Å². The minimum absolute atomic E-state index is 0.262. The molecule has 1 aromatic carbocycles. The SMILES string of the molecule is FC(F)(F)c1cccc(/C=N\n2cn[nH]c2=S)c1. The fourth-order valence-corrected chi connectivity index (χ4v) is 1.40. The van der Waals surface area contributed by atoms with Crippen molar-refractivity contribution in [2.75, 3.05) is 0 Å². The molecule has 0 radical (unpaired) electrons. The Kier molecular flexibility index (Phi) is 3.28. The summed E-state index contributed by atoms with van der Waals surface area (Å²) < 4.78 is 38.9. The van der Waals surface area contributed by atoms with Crippen molar-refractivity contribution in [1.29, 1.82) is 0 Å². The molecule has 94 valence electrons. The highest BCUT2D eigenvalue weighted by molar-refractivity contribution is 7.71. The fourth-order valence-electron chi connectivity index (χ4n) is 1.25. The van der Waals surface area contributed by atoms with E-state index in [-0.39, 0.29) is 4.77 Å². The normalized spacial score (nSPS) is 12.2. The molecule has 4 nitrogen and oxygen atoms in total. The van der Waals surface area contributed by atoms with Crippen LogP contribution in [0, 0.1) is 4.77 Å². The number of nitrogens with one attached hydrogen (secondary N) is 1. The van der Waals surface area contributed by atoms with Crippen LogP contribution in [-0.4, -0.2) is 21.1 Å². The standard InChI is InChI=1S/C10H7F3N4S/c11-10(12,13)8-3-1-2-7(4-8)5-15-17-6-14-16-9(17)18/h1-6H,(H,16,18)/b15-5-. The third-order valence-corrected chi connectivity index (χ3v) is 2.36. The minimum atomic E-state index is -4.37. The van der Waals surface area contributed by atoms with Crippen molar-refractivity contribution in [2.24, 2.45) is 5.10 Å². The zero-order valence-electron chi connectivity index (χ0n) is 8.85. The van der Waals surface area contributed by atoms with Crippen molar-refractivity contribution in [3.05, 3.63) is 46.5 Å². The summed E-state index contributed by atoms with van der Waals surface area (Å²) in [7, 11) is 0. The summed E-state index contributed by atoms with van der Waals surface area (Å²) in [5, 5.41) is 9.99. The lowest BCUT2D eigenvalue weighted by molar-refractivity contribution is -0.137. The first-order valence-corrected chi connectivity index (χ1v) is 5.21. The van der Waals surface area contributed by atoms with E-state index < -0.39 is 11.7 Å². The van der Waals surface area contributed by atoms with Gasteiger partial charge < -0.3 is 0 Å². The van der Waals surface area contributed by atoms with Crippen LogP contribution in [0.2, 0.25) is 0 Å². The summed E-state index contributed by atoms with van der Waals surface area (Å²) in [4.78, 5) is 0. The summed E-state index contributed by atoms with van der Waals surface area (Å²) >= 11 is 4.84. The molecular formula is C10H7F3N4S. The van der Waals surface area contributed by atoms with E-state index in [0.29, 0.717) is 5.56 Å². The van der Waals surface area contributed by atoms with Gasteiger partial charge in [-0.3, -0.25) is 5.10 Å². The Morgan fingerprint density at radius 2 is 2.17 bits per heavy atom. The number of benzene rings is 1. The predicted octanol–water partition coefficient (Wildman–Crippen LogP) is 2.84. The smallest absolute Gasteiger partial charge is 0.250 e. The number of halogens is 3. The maximum Gasteiger partial charge on any atom is 0.416 e. The van der Waals surface area contributed by atoms with E-state index in [9.17, 15) is 13.2 Å². The van der Waals surface area contributed by atoms with E-state index in [2.05, 4.69) is 15.3 Å². The molecule has 1 aromatic heterocycles. The van der Waals surface area contributed by atoms with Crippen LogP contribution >= 0.6 is 12.2 Å². The van der Waals surface area contributed by atoms with Gasteiger partial charge in [-0.05, 0) is 29.9 Å². The van der Waals surface area contributed by atoms with Gasteiger partial charge in [0.2, 0.25) is 4.77 Å². The van der Waals surface area contributed by atoms with Crippen LogP contribution in [0.15, 0.2) is 35.7 Å². The second kappa shape index (κ2) is 4.73. The van der Waals surface area contributed by atoms with Crippen molar-refractivity contribution in [2.45, 2.75) is 6.18 Å². The molecule has 0 amide bonds. The molecule has 0 bridgehead atoms. The summed E-state index contributed by atoms with van der Waals surface area (Å²) in [6, 6.07) is 4.84. The van der Waals surface area contributed by atoms with Gasteiger partial charge in [0.25, 0.3) is 0 Å². The van der Waals surface area contributed by atoms with Gasteiger partial charge >= 0.3 is 6.18 Å². The van der Waals surface area contributed by atoms with Gasteiger partial charge in [-0.25, -0.2) is 0 Å². The molecule has 0 aliphatic carbocycles. The Bertz CT molecular complexity index is 626. The Hall–Kier alpha value is -1.96. The molecule has 1 N–H and O–H groups in total. The highest BCUT2D eigenvalue weighted by atomic mass is 32.1. The monoisotopic (exact) mass is 272 g/mol. The summed E-state index contributed by atoms with van der Waals surface area (Å²) in [5.74, 6) is 0. The van der Waals surface area contributed by atoms with Gasteiger partial charge in [0.1, 0.15) is 6.33 Å². The van der Waals surface area contributed by atoms with Crippen molar-refractivity contribution < 1.29 is 13.2 Å². The van der Waals surface area contributed by atoms with Gasteiger partial charge in [-0.15, -0.1) is 0 Å². The van der Waals surface area contributed by atoms with Crippen LogP contribution in [0.3, 0.4) is 0 Å². The molecule has 0 aliphatic heterocycles. The zero-order valence-corrected chi connectivity index (χ0v) is 9.66. The molecule has 0 unspecified atom stereocenters. The largest absolute Gasteiger partial charge is 0.416 e. The van der Waals surface area contributed by atoms with Crippen LogP contribution in [0.5, 0.6) is 0 Å². The summed E-state index contributed by atoms with van der Waals surface area (Å²) in [5.41, 5.74) is -0.393. The molecule has 0 saturated carbocycles. The second-order valence-electron chi connectivity index (χ2n) is 3.37. The van der Waals surface area contributed by atoms with E-state index in [4.69, 9.17) is 12.2 Å². The number of nitrogens with zero attached hydrogens (tertiary/aromatic N) is 3. The van der Waals surface area contributed by atoms with E-state index >= 15 is 0 Å². The van der Waals surface area contributed by atoms with Gasteiger partial charge in [-0.1, -0.05) is 12.1 Å². The second-order valence-corrected chi connectivity index (χ2v) is 3.76. The molecule has 0 aliphatic rings. The molecule has 0 saturated heterocycles. The molecule has 0 atom stereocenters. The number of hydrogen-bond acceptors (Lipinski definition) is 3. The first-order chi connectivity index (χ1) is 8.47. The summed E-state index contributed by atoms with van der Waals surface area (Å²) in [6.45, 7) is 0. The van der Waals surface area contributed by atoms with Gasteiger partial charge in [-0.2, -0.15) is 28.0 Å². The number of alkyl halides is 3. The number of H-pyrrole nitrogens is 1. The third kappa shape index (κ3) is 2.83. The van der Waals surface area contributed by atoms with Crippen LogP contribution in [-0.2, 0) is 6.18 Å². The first-order valence-electron chi connectivity index (χ1n) is 4.80. The number of hydrogen-bond donors (Lipinski definition) is 1. The van der Waals surface area contributed by atoms with Crippen molar-refractivity contribution in [3.63, 3.8) is 0 Å². The Morgan fingerprint density at radius 1 is 1.39 bits per heavy atom. The molecule has 0 fully saturated rings. The highest BCUT2D eigenvalue weighted by Crippen LogP contribution is 2.29. The van der Waals surface area contributed by atoms with Crippen molar-refractivity contribution in [3.8, 4) is 0 Å². The van der Waals surface area contributed by atoms with Crippen molar-refractivity contribution in [1.82, 2.24) is 14.9 Å². The predicted molar refractivity (Wildman–Crippen MR) is 61.8 cm³/mol. The lowest BCUT2D eigenvalue weighted by Gasteiger charge is -2.06. The molecular weight excluding hydrogens is 265 g/mol. The summed E-state index contributed by atoms with van der Waals surface area (Å²) in [6.07, 6.45) is -1.76. The average Bonchev–Trinajstić information content (AvgIpc) is 2.72. The highest BCUT2D eigenvalue weighted by Gasteiger charge is 2.30. The van der Waals surface area contributed by atoms with E-state index in [0.717, 1.165) is 12.1 Å². The number of aromatic nitrogens is 3. The van der Waals surface area contributed by atoms with Crippen molar-refractivity contribution >= 4 is 18.4 Å². The van der Waals surface area contributed by atoms with Crippen LogP contribution < -0.4 is 0 Å². The molecule has 8 heteroatoms.